The standard InChI is InChI=1S/C22H18F6N4OS/c23-21(24,25)14-9-15(22(26,27)28)11-16(10-14)29-20(33)13-3-1-7-32(12-13)19-6-5-17(30-31-19)18-4-2-8-34-18/h2,4-6,8-11,13H,1,3,7,12H2,(H,29,33). The van der Waals surface area contributed by atoms with Gasteiger partial charge in [-0.1, -0.05) is 6.07 Å². The summed E-state index contributed by atoms with van der Waals surface area (Å²) in [6.45, 7) is 0.808. The zero-order valence-corrected chi connectivity index (χ0v) is 18.3. The van der Waals surface area contributed by atoms with Crippen LogP contribution >= 0.6 is 11.3 Å². The normalized spacial score (nSPS) is 17.0. The number of nitrogens with zero attached hydrogens (tertiary/aromatic N) is 3. The van der Waals surface area contributed by atoms with Crippen LogP contribution < -0.4 is 10.2 Å². The lowest BCUT2D eigenvalue weighted by Gasteiger charge is -2.32. The Bertz CT molecular complexity index is 1110. The molecule has 3 aromatic rings. The molecule has 2 aromatic heterocycles. The van der Waals surface area contributed by atoms with E-state index in [9.17, 15) is 31.1 Å². The van der Waals surface area contributed by atoms with Gasteiger partial charge in [0.05, 0.1) is 21.9 Å². The Morgan fingerprint density at radius 2 is 1.71 bits per heavy atom. The van der Waals surface area contributed by atoms with E-state index in [0.717, 1.165) is 4.88 Å². The van der Waals surface area contributed by atoms with Crippen LogP contribution in [0.5, 0.6) is 0 Å². The summed E-state index contributed by atoms with van der Waals surface area (Å²) in [6.07, 6.45) is -8.94. The summed E-state index contributed by atoms with van der Waals surface area (Å²) in [6, 6.07) is 8.41. The van der Waals surface area contributed by atoms with Crippen LogP contribution in [0.25, 0.3) is 10.6 Å². The van der Waals surface area contributed by atoms with Crippen LogP contribution in [0.1, 0.15) is 24.0 Å². The van der Waals surface area contributed by atoms with Gasteiger partial charge in [0.25, 0.3) is 0 Å². The predicted octanol–water partition coefficient (Wildman–Crippen LogP) is 6.10. The van der Waals surface area contributed by atoms with Crippen molar-refractivity contribution in [3.8, 4) is 10.6 Å². The van der Waals surface area contributed by atoms with Gasteiger partial charge in [-0.2, -0.15) is 26.3 Å². The molecule has 34 heavy (non-hydrogen) atoms. The molecule has 1 amide bonds. The van der Waals surface area contributed by atoms with Gasteiger partial charge in [0, 0.05) is 18.8 Å². The Morgan fingerprint density at radius 1 is 1.00 bits per heavy atom. The number of amides is 1. The van der Waals surface area contributed by atoms with Crippen molar-refractivity contribution in [1.82, 2.24) is 10.2 Å². The zero-order chi connectivity index (χ0) is 24.5. The number of piperidine rings is 1. The molecule has 4 rings (SSSR count). The number of rotatable bonds is 4. The number of hydrogen-bond acceptors (Lipinski definition) is 5. The van der Waals surface area contributed by atoms with Gasteiger partial charge < -0.3 is 10.2 Å². The molecular formula is C22H18F6N4OS. The van der Waals surface area contributed by atoms with E-state index < -0.39 is 41.0 Å². The van der Waals surface area contributed by atoms with Crippen LogP contribution in [0.15, 0.2) is 47.8 Å². The average Bonchev–Trinajstić information content (AvgIpc) is 3.33. The molecule has 0 spiro atoms. The summed E-state index contributed by atoms with van der Waals surface area (Å²) in [5.41, 5.74) is -2.81. The van der Waals surface area contributed by atoms with Crippen molar-refractivity contribution in [2.45, 2.75) is 25.2 Å². The maximum absolute atomic E-state index is 13.1. The number of anilines is 2. The molecule has 1 saturated heterocycles. The molecule has 1 N–H and O–H groups in total. The molecule has 1 unspecified atom stereocenters. The molecule has 1 atom stereocenters. The molecule has 1 aliphatic heterocycles. The maximum Gasteiger partial charge on any atom is 0.416 e. The number of benzene rings is 1. The first-order valence-electron chi connectivity index (χ1n) is 10.2. The number of carbonyl (C=O) groups excluding carboxylic acids is 1. The highest BCUT2D eigenvalue weighted by Gasteiger charge is 2.37. The largest absolute Gasteiger partial charge is 0.416 e. The number of thiophene rings is 1. The van der Waals surface area contributed by atoms with Gasteiger partial charge in [0.2, 0.25) is 5.91 Å². The van der Waals surface area contributed by atoms with Crippen LogP contribution in [0.2, 0.25) is 0 Å². The quantitative estimate of drug-likeness (QED) is 0.440. The minimum atomic E-state index is -4.99. The van der Waals surface area contributed by atoms with Crippen molar-refractivity contribution in [1.29, 1.82) is 0 Å². The molecule has 1 fully saturated rings. The second kappa shape index (κ2) is 9.24. The summed E-state index contributed by atoms with van der Waals surface area (Å²) in [4.78, 5) is 15.5. The van der Waals surface area contributed by atoms with E-state index in [4.69, 9.17) is 0 Å². The highest BCUT2D eigenvalue weighted by molar-refractivity contribution is 7.13. The van der Waals surface area contributed by atoms with Crippen molar-refractivity contribution in [3.63, 3.8) is 0 Å². The van der Waals surface area contributed by atoms with Gasteiger partial charge in [0.1, 0.15) is 5.69 Å². The van der Waals surface area contributed by atoms with Crippen LogP contribution in [-0.2, 0) is 17.1 Å². The number of nitrogens with one attached hydrogen (secondary N) is 1. The third-order valence-corrected chi connectivity index (χ3v) is 6.29. The van der Waals surface area contributed by atoms with Gasteiger partial charge >= 0.3 is 12.4 Å². The summed E-state index contributed by atoms with van der Waals surface area (Å²) < 4.78 is 78.5. The third kappa shape index (κ3) is 5.49. The Labute approximate surface area is 194 Å². The van der Waals surface area contributed by atoms with Crippen LogP contribution in [0.4, 0.5) is 37.8 Å². The molecule has 1 aromatic carbocycles. The number of halogens is 6. The molecule has 180 valence electrons. The van der Waals surface area contributed by atoms with Gasteiger partial charge in [-0.15, -0.1) is 21.5 Å². The maximum atomic E-state index is 13.1. The Hall–Kier alpha value is -3.15. The first kappa shape index (κ1) is 24.0. The second-order valence-corrected chi connectivity index (χ2v) is 8.77. The lowest BCUT2D eigenvalue weighted by Crippen LogP contribution is -2.41. The van der Waals surface area contributed by atoms with Gasteiger partial charge in [-0.05, 0) is 54.6 Å². The zero-order valence-electron chi connectivity index (χ0n) is 17.5. The molecule has 12 heteroatoms. The van der Waals surface area contributed by atoms with Crippen LogP contribution in [0, 0.1) is 5.92 Å². The molecule has 5 nitrogen and oxygen atoms in total. The van der Waals surface area contributed by atoms with Crippen LogP contribution in [0.3, 0.4) is 0 Å². The van der Waals surface area contributed by atoms with Crippen molar-refractivity contribution in [2.24, 2.45) is 5.92 Å². The number of alkyl halides is 6. The number of carbonyl (C=O) groups is 1. The van der Waals surface area contributed by atoms with Gasteiger partial charge in [-0.25, -0.2) is 0 Å². The summed E-state index contributed by atoms with van der Waals surface area (Å²) in [5, 5.41) is 12.6. The van der Waals surface area contributed by atoms with E-state index in [1.54, 1.807) is 12.1 Å². The minimum absolute atomic E-state index is 0.0243. The van der Waals surface area contributed by atoms with Gasteiger partial charge in [-0.3, -0.25) is 4.79 Å². The fourth-order valence-corrected chi connectivity index (χ4v) is 4.41. The van der Waals surface area contributed by atoms with E-state index >= 15 is 0 Å². The lowest BCUT2D eigenvalue weighted by molar-refractivity contribution is -0.143. The first-order chi connectivity index (χ1) is 16.0. The predicted molar refractivity (Wildman–Crippen MR) is 115 cm³/mol. The summed E-state index contributed by atoms with van der Waals surface area (Å²) in [5.74, 6) is -0.757. The fraction of sp³-hybridized carbons (Fsp3) is 0.318. The molecule has 0 aliphatic carbocycles. The van der Waals surface area contributed by atoms with Crippen molar-refractivity contribution < 1.29 is 31.1 Å². The van der Waals surface area contributed by atoms with Crippen LogP contribution in [-0.4, -0.2) is 29.2 Å². The van der Waals surface area contributed by atoms with E-state index in [0.29, 0.717) is 43.0 Å². The minimum Gasteiger partial charge on any atom is -0.354 e. The Balaban J connectivity index is 1.48. The fourth-order valence-electron chi connectivity index (χ4n) is 3.72. The number of aromatic nitrogens is 2. The molecule has 0 saturated carbocycles. The van der Waals surface area contributed by atoms with E-state index in [1.807, 2.05) is 22.4 Å². The van der Waals surface area contributed by atoms with Gasteiger partial charge in [0.15, 0.2) is 5.82 Å². The topological polar surface area (TPSA) is 58.1 Å². The third-order valence-electron chi connectivity index (χ3n) is 5.40. The second-order valence-electron chi connectivity index (χ2n) is 7.82. The molecule has 3 heterocycles. The molecule has 0 radical (unpaired) electrons. The van der Waals surface area contributed by atoms with Crippen molar-refractivity contribution in [2.75, 3.05) is 23.3 Å². The summed E-state index contributed by atoms with van der Waals surface area (Å²) >= 11 is 1.52. The average molecular weight is 500 g/mol. The number of hydrogen-bond donors (Lipinski definition) is 1. The van der Waals surface area contributed by atoms with E-state index in [2.05, 4.69) is 15.5 Å². The van der Waals surface area contributed by atoms with E-state index in [-0.39, 0.29) is 12.6 Å². The Kier molecular flexibility index (Phi) is 6.52. The lowest BCUT2D eigenvalue weighted by atomic mass is 9.96. The first-order valence-corrected chi connectivity index (χ1v) is 11.1. The highest BCUT2D eigenvalue weighted by atomic mass is 32.1. The molecular weight excluding hydrogens is 482 g/mol. The smallest absolute Gasteiger partial charge is 0.354 e. The van der Waals surface area contributed by atoms with Crippen molar-refractivity contribution in [3.05, 3.63) is 59.0 Å². The SMILES string of the molecule is O=C(Nc1cc(C(F)(F)F)cc(C(F)(F)F)c1)C1CCCN(c2ccc(-c3cccs3)nn2)C1. The Morgan fingerprint density at radius 3 is 2.26 bits per heavy atom. The summed E-state index contributed by atoms with van der Waals surface area (Å²) in [7, 11) is 0. The van der Waals surface area contributed by atoms with Crippen molar-refractivity contribution >= 4 is 28.7 Å². The molecule has 0 bridgehead atoms. The monoisotopic (exact) mass is 500 g/mol. The highest BCUT2D eigenvalue weighted by Crippen LogP contribution is 2.38. The molecule has 1 aliphatic rings. The van der Waals surface area contributed by atoms with E-state index in [1.165, 1.54) is 11.3 Å².